The topological polar surface area (TPSA) is 29.0 Å². The van der Waals surface area contributed by atoms with Crippen molar-refractivity contribution in [1.82, 2.24) is 4.57 Å². The number of nitrogens with zero attached hydrogens (tertiary/aromatic N) is 1. The molecule has 0 aliphatic rings. The zero-order valence-electron chi connectivity index (χ0n) is 27.2. The van der Waals surface area contributed by atoms with Gasteiger partial charge in [-0.1, -0.05) is 76.4 Å². The molecule has 3 heteroatoms. The van der Waals surface area contributed by atoms with Gasteiger partial charge in [0, 0.05) is 39.2 Å². The summed E-state index contributed by atoms with van der Waals surface area (Å²) < 4.78 is 2.41. The molecule has 0 saturated carbocycles. The summed E-state index contributed by atoms with van der Waals surface area (Å²) in [6.07, 6.45) is 10.8. The van der Waals surface area contributed by atoms with Crippen LogP contribution < -0.4 is 10.6 Å². The van der Waals surface area contributed by atoms with Crippen LogP contribution in [0.1, 0.15) is 76.0 Å². The molecule has 2 N–H and O–H groups in total. The van der Waals surface area contributed by atoms with Crippen molar-refractivity contribution >= 4 is 44.6 Å². The van der Waals surface area contributed by atoms with Crippen molar-refractivity contribution in [2.24, 2.45) is 0 Å². The van der Waals surface area contributed by atoms with E-state index in [9.17, 15) is 0 Å². The van der Waals surface area contributed by atoms with E-state index >= 15 is 0 Å². The molecule has 1 aromatic heterocycles. The molecule has 0 unspecified atom stereocenters. The predicted octanol–water partition coefficient (Wildman–Crippen LogP) is 12.3. The van der Waals surface area contributed by atoms with Gasteiger partial charge in [-0.3, -0.25) is 0 Å². The second-order valence-corrected chi connectivity index (χ2v) is 12.4. The number of nitrogens with one attached hydrogen (secondary N) is 2. The van der Waals surface area contributed by atoms with Crippen LogP contribution in [-0.4, -0.2) is 4.57 Å². The first-order valence-corrected chi connectivity index (χ1v) is 17.0. The first-order chi connectivity index (χ1) is 22.1. The average molecular weight is 594 g/mol. The fourth-order valence-corrected chi connectivity index (χ4v) is 6.25. The van der Waals surface area contributed by atoms with Gasteiger partial charge in [-0.2, -0.15) is 0 Å². The lowest BCUT2D eigenvalue weighted by atomic mass is 10.1. The highest BCUT2D eigenvalue weighted by atomic mass is 15.0. The van der Waals surface area contributed by atoms with Crippen LogP contribution >= 0.6 is 0 Å². The molecule has 6 aromatic rings. The lowest BCUT2D eigenvalue weighted by molar-refractivity contribution is 0.795. The van der Waals surface area contributed by atoms with Gasteiger partial charge in [0.25, 0.3) is 0 Å². The summed E-state index contributed by atoms with van der Waals surface area (Å²) in [5.74, 6) is 0. The van der Waals surface area contributed by atoms with Crippen LogP contribution in [0.15, 0.2) is 109 Å². The van der Waals surface area contributed by atoms with Crippen molar-refractivity contribution in [3.63, 3.8) is 0 Å². The van der Waals surface area contributed by atoms with Gasteiger partial charge in [0.2, 0.25) is 0 Å². The Balaban J connectivity index is 1.36. The normalized spacial score (nSPS) is 11.4. The molecule has 0 radical (unpaired) electrons. The molecule has 0 spiro atoms. The van der Waals surface area contributed by atoms with E-state index in [1.54, 1.807) is 0 Å². The summed E-state index contributed by atoms with van der Waals surface area (Å²) in [5.41, 5.74) is 12.2. The van der Waals surface area contributed by atoms with Gasteiger partial charge in [0.1, 0.15) is 0 Å². The maximum Gasteiger partial charge on any atom is 0.0542 e. The van der Waals surface area contributed by atoms with Crippen molar-refractivity contribution < 1.29 is 0 Å². The molecule has 3 nitrogen and oxygen atoms in total. The number of hydrogen-bond acceptors (Lipinski definition) is 2. The first-order valence-electron chi connectivity index (χ1n) is 17.0. The molecule has 230 valence electrons. The van der Waals surface area contributed by atoms with Gasteiger partial charge in [0.15, 0.2) is 0 Å². The Morgan fingerprint density at radius 1 is 0.422 bits per heavy atom. The molecule has 0 bridgehead atoms. The lowest BCUT2D eigenvalue weighted by Gasteiger charge is -2.11. The summed E-state index contributed by atoms with van der Waals surface area (Å²) in [5, 5.41) is 9.82. The van der Waals surface area contributed by atoms with E-state index in [0.29, 0.717) is 0 Å². The molecular weight excluding hydrogens is 546 g/mol. The molecule has 1 heterocycles. The van der Waals surface area contributed by atoms with Gasteiger partial charge in [-0.15, -0.1) is 0 Å². The Kier molecular flexibility index (Phi) is 9.85. The van der Waals surface area contributed by atoms with Gasteiger partial charge in [-0.25, -0.2) is 0 Å². The highest BCUT2D eigenvalue weighted by Gasteiger charge is 2.14. The summed E-state index contributed by atoms with van der Waals surface area (Å²) in [4.78, 5) is 0. The van der Waals surface area contributed by atoms with Gasteiger partial charge in [-0.05, 0) is 128 Å². The predicted molar refractivity (Wildman–Crippen MR) is 196 cm³/mol. The van der Waals surface area contributed by atoms with Crippen LogP contribution in [0.5, 0.6) is 0 Å². The number of hydrogen-bond donors (Lipinski definition) is 2. The van der Waals surface area contributed by atoms with E-state index in [4.69, 9.17) is 0 Å². The minimum atomic E-state index is 1.10. The van der Waals surface area contributed by atoms with Crippen LogP contribution in [0.4, 0.5) is 22.7 Å². The largest absolute Gasteiger partial charge is 0.356 e. The van der Waals surface area contributed by atoms with Crippen LogP contribution in [0.25, 0.3) is 27.5 Å². The van der Waals surface area contributed by atoms with Crippen LogP contribution in [0, 0.1) is 0 Å². The number of rotatable bonds is 14. The van der Waals surface area contributed by atoms with Crippen molar-refractivity contribution in [3.8, 4) is 5.69 Å². The highest BCUT2D eigenvalue weighted by Crippen LogP contribution is 2.36. The van der Waals surface area contributed by atoms with Crippen LogP contribution in [-0.2, 0) is 19.3 Å². The molecule has 0 amide bonds. The summed E-state index contributed by atoms with van der Waals surface area (Å²) >= 11 is 0. The fourth-order valence-electron chi connectivity index (χ4n) is 6.25. The smallest absolute Gasteiger partial charge is 0.0542 e. The van der Waals surface area contributed by atoms with E-state index in [0.717, 1.165) is 42.0 Å². The Morgan fingerprint density at radius 3 is 1.16 bits per heavy atom. The summed E-state index contributed by atoms with van der Waals surface area (Å²) in [6, 6.07) is 40.5. The molecule has 0 saturated heterocycles. The number of aryl methyl sites for hydroxylation is 3. The summed E-state index contributed by atoms with van der Waals surface area (Å²) in [7, 11) is 0. The van der Waals surface area contributed by atoms with Crippen molar-refractivity contribution in [3.05, 3.63) is 126 Å². The van der Waals surface area contributed by atoms with Crippen molar-refractivity contribution in [2.75, 3.05) is 10.6 Å². The minimum Gasteiger partial charge on any atom is -0.356 e. The molecular formula is C42H47N3. The molecule has 0 atom stereocenters. The molecule has 6 rings (SSSR count). The van der Waals surface area contributed by atoms with E-state index in [-0.39, 0.29) is 0 Å². The third-order valence-corrected chi connectivity index (χ3v) is 8.90. The van der Waals surface area contributed by atoms with Gasteiger partial charge >= 0.3 is 0 Å². The first kappa shape index (κ1) is 30.5. The molecule has 0 aliphatic heterocycles. The van der Waals surface area contributed by atoms with Crippen molar-refractivity contribution in [1.29, 1.82) is 0 Å². The van der Waals surface area contributed by atoms with Gasteiger partial charge in [0.05, 0.1) is 11.0 Å². The molecule has 0 aliphatic carbocycles. The number of unbranched alkanes of at least 4 members (excludes halogenated alkanes) is 3. The van der Waals surface area contributed by atoms with E-state index in [1.807, 2.05) is 0 Å². The zero-order valence-corrected chi connectivity index (χ0v) is 27.2. The molecule has 45 heavy (non-hydrogen) atoms. The maximum atomic E-state index is 3.67. The number of benzene rings is 5. The fraction of sp³-hybridized carbons (Fsp3) is 0.286. The number of anilines is 4. The minimum absolute atomic E-state index is 1.10. The van der Waals surface area contributed by atoms with Crippen LogP contribution in [0.2, 0.25) is 0 Å². The Bertz CT molecular complexity index is 1720. The number of aromatic nitrogens is 1. The Morgan fingerprint density at radius 2 is 0.778 bits per heavy atom. The monoisotopic (exact) mass is 593 g/mol. The van der Waals surface area contributed by atoms with E-state index in [1.165, 1.54) is 82.7 Å². The zero-order chi connectivity index (χ0) is 31.0. The Labute approximate surface area is 269 Å². The standard InChI is InChI=1S/C42H47N3/c1-4-7-10-31-13-19-34(20-14-31)43-36-23-27-41-39(29-36)40-30-37(44-35-21-15-32(16-22-35)11-8-5-2)24-28-42(40)45(41)38-25-17-33(18-26-38)12-9-6-3/h13-30,43-44H,4-12H2,1-3H3. The Hall–Kier alpha value is -4.50. The second kappa shape index (κ2) is 14.5. The maximum absolute atomic E-state index is 3.67. The van der Waals surface area contributed by atoms with Crippen molar-refractivity contribution in [2.45, 2.75) is 78.6 Å². The second-order valence-electron chi connectivity index (χ2n) is 12.4. The average Bonchev–Trinajstić information content (AvgIpc) is 3.40. The third-order valence-electron chi connectivity index (χ3n) is 8.90. The van der Waals surface area contributed by atoms with E-state index in [2.05, 4.69) is 145 Å². The van der Waals surface area contributed by atoms with E-state index < -0.39 is 0 Å². The lowest BCUT2D eigenvalue weighted by Crippen LogP contribution is -1.96. The molecule has 5 aromatic carbocycles. The SMILES string of the molecule is CCCCc1ccc(Nc2ccc3c(c2)c2cc(Nc4ccc(CCCC)cc4)ccc2n3-c2ccc(CCCC)cc2)cc1. The third kappa shape index (κ3) is 7.26. The van der Waals surface area contributed by atoms with Gasteiger partial charge < -0.3 is 15.2 Å². The highest BCUT2D eigenvalue weighted by molar-refractivity contribution is 6.11. The summed E-state index contributed by atoms with van der Waals surface area (Å²) in [6.45, 7) is 6.75. The van der Waals surface area contributed by atoms with Crippen LogP contribution in [0.3, 0.4) is 0 Å². The quantitative estimate of drug-likeness (QED) is 0.131. The number of fused-ring (bicyclic) bond motifs is 3. The molecule has 0 fully saturated rings.